The van der Waals surface area contributed by atoms with Crippen LogP contribution in [0.5, 0.6) is 0 Å². The highest BCUT2D eigenvalue weighted by molar-refractivity contribution is 5.97. The molecule has 0 saturated carbocycles. The SMILES string of the molecule is CCc1ccc(N2CC(C)(C)CNC(C)C2=O)cc1. The zero-order valence-electron chi connectivity index (χ0n) is 12.4. The van der Waals surface area contributed by atoms with Gasteiger partial charge in [-0.05, 0) is 36.5 Å². The third-order valence-corrected chi connectivity index (χ3v) is 3.77. The number of aryl methyl sites for hydroxylation is 1. The molecule has 1 aliphatic rings. The number of nitrogens with zero attached hydrogens (tertiary/aromatic N) is 1. The Hall–Kier alpha value is -1.35. The number of carbonyl (C=O) groups excluding carboxylic acids is 1. The van der Waals surface area contributed by atoms with Gasteiger partial charge in [0.15, 0.2) is 0 Å². The molecule has 1 aromatic rings. The van der Waals surface area contributed by atoms with Crippen molar-refractivity contribution in [2.75, 3.05) is 18.0 Å². The van der Waals surface area contributed by atoms with Crippen molar-refractivity contribution in [2.24, 2.45) is 5.41 Å². The second-order valence-corrected chi connectivity index (χ2v) is 6.21. The largest absolute Gasteiger partial charge is 0.311 e. The van der Waals surface area contributed by atoms with Crippen molar-refractivity contribution >= 4 is 11.6 Å². The van der Waals surface area contributed by atoms with E-state index in [9.17, 15) is 4.79 Å². The highest BCUT2D eigenvalue weighted by Gasteiger charge is 2.32. The molecular weight excluding hydrogens is 236 g/mol. The van der Waals surface area contributed by atoms with Crippen molar-refractivity contribution < 1.29 is 4.79 Å². The maximum absolute atomic E-state index is 12.5. The Bertz CT molecular complexity index is 450. The Morgan fingerprint density at radius 3 is 2.53 bits per heavy atom. The first-order valence-corrected chi connectivity index (χ1v) is 7.06. The second kappa shape index (κ2) is 5.33. The molecule has 3 heteroatoms. The zero-order valence-corrected chi connectivity index (χ0v) is 12.4. The van der Waals surface area contributed by atoms with Crippen LogP contribution in [0.15, 0.2) is 24.3 Å². The van der Waals surface area contributed by atoms with E-state index in [0.29, 0.717) is 0 Å². The van der Waals surface area contributed by atoms with Crippen LogP contribution < -0.4 is 10.2 Å². The van der Waals surface area contributed by atoms with Crippen molar-refractivity contribution in [2.45, 2.75) is 40.2 Å². The van der Waals surface area contributed by atoms with Gasteiger partial charge in [-0.15, -0.1) is 0 Å². The molecule has 1 saturated heterocycles. The highest BCUT2D eigenvalue weighted by atomic mass is 16.2. The number of amides is 1. The number of rotatable bonds is 2. The molecule has 0 aromatic heterocycles. The van der Waals surface area contributed by atoms with Gasteiger partial charge in [-0.1, -0.05) is 32.9 Å². The molecule has 1 fully saturated rings. The van der Waals surface area contributed by atoms with E-state index >= 15 is 0 Å². The first-order chi connectivity index (χ1) is 8.93. The number of hydrogen-bond donors (Lipinski definition) is 1. The van der Waals surface area contributed by atoms with Gasteiger partial charge in [-0.3, -0.25) is 4.79 Å². The standard InChI is InChI=1S/C16H24N2O/c1-5-13-6-8-14(9-7-13)18-11-16(3,4)10-17-12(2)15(18)19/h6-9,12,17H,5,10-11H2,1-4H3. The van der Waals surface area contributed by atoms with Crippen molar-refractivity contribution in [3.8, 4) is 0 Å². The summed E-state index contributed by atoms with van der Waals surface area (Å²) in [6, 6.07) is 8.22. The van der Waals surface area contributed by atoms with E-state index < -0.39 is 0 Å². The smallest absolute Gasteiger partial charge is 0.243 e. The fourth-order valence-electron chi connectivity index (χ4n) is 2.44. The van der Waals surface area contributed by atoms with Gasteiger partial charge in [0.25, 0.3) is 0 Å². The summed E-state index contributed by atoms with van der Waals surface area (Å²) in [7, 11) is 0. The van der Waals surface area contributed by atoms with Gasteiger partial charge >= 0.3 is 0 Å². The Morgan fingerprint density at radius 1 is 1.32 bits per heavy atom. The molecule has 0 radical (unpaired) electrons. The quantitative estimate of drug-likeness (QED) is 0.886. The molecule has 1 unspecified atom stereocenters. The minimum Gasteiger partial charge on any atom is -0.311 e. The molecule has 0 bridgehead atoms. The van der Waals surface area contributed by atoms with Crippen LogP contribution in [0.1, 0.15) is 33.3 Å². The molecule has 1 N–H and O–H groups in total. The Morgan fingerprint density at radius 2 is 1.95 bits per heavy atom. The fourth-order valence-corrected chi connectivity index (χ4v) is 2.44. The predicted molar refractivity (Wildman–Crippen MR) is 79.4 cm³/mol. The van der Waals surface area contributed by atoms with E-state index in [2.05, 4.69) is 50.4 Å². The molecule has 2 rings (SSSR count). The first-order valence-electron chi connectivity index (χ1n) is 7.06. The number of benzene rings is 1. The molecule has 1 aliphatic heterocycles. The maximum atomic E-state index is 12.5. The molecule has 19 heavy (non-hydrogen) atoms. The van der Waals surface area contributed by atoms with E-state index in [4.69, 9.17) is 0 Å². The van der Waals surface area contributed by atoms with E-state index in [1.54, 1.807) is 0 Å². The van der Waals surface area contributed by atoms with Gasteiger partial charge in [0.1, 0.15) is 0 Å². The Balaban J connectivity index is 2.30. The number of nitrogens with one attached hydrogen (secondary N) is 1. The average molecular weight is 260 g/mol. The van der Waals surface area contributed by atoms with Crippen molar-refractivity contribution in [3.63, 3.8) is 0 Å². The second-order valence-electron chi connectivity index (χ2n) is 6.21. The summed E-state index contributed by atoms with van der Waals surface area (Å²) in [6.07, 6.45) is 1.03. The van der Waals surface area contributed by atoms with Crippen molar-refractivity contribution in [1.29, 1.82) is 0 Å². The van der Waals surface area contributed by atoms with Gasteiger partial charge in [0.2, 0.25) is 5.91 Å². The van der Waals surface area contributed by atoms with E-state index in [0.717, 1.165) is 25.2 Å². The average Bonchev–Trinajstić information content (AvgIpc) is 2.51. The lowest BCUT2D eigenvalue weighted by Crippen LogP contribution is -2.42. The van der Waals surface area contributed by atoms with Gasteiger partial charge in [-0.25, -0.2) is 0 Å². The molecule has 1 amide bonds. The minimum absolute atomic E-state index is 0.0872. The van der Waals surface area contributed by atoms with Crippen LogP contribution in [0.3, 0.4) is 0 Å². The lowest BCUT2D eigenvalue weighted by Gasteiger charge is -2.29. The number of carbonyl (C=O) groups is 1. The highest BCUT2D eigenvalue weighted by Crippen LogP contribution is 2.25. The summed E-state index contributed by atoms with van der Waals surface area (Å²) in [5, 5.41) is 3.32. The van der Waals surface area contributed by atoms with Gasteiger partial charge in [-0.2, -0.15) is 0 Å². The summed E-state index contributed by atoms with van der Waals surface area (Å²) in [5.41, 5.74) is 2.39. The number of anilines is 1. The third kappa shape index (κ3) is 3.16. The van der Waals surface area contributed by atoms with Crippen molar-refractivity contribution in [1.82, 2.24) is 5.32 Å². The van der Waals surface area contributed by atoms with E-state index in [1.807, 2.05) is 11.8 Å². The third-order valence-electron chi connectivity index (χ3n) is 3.77. The molecule has 0 aliphatic carbocycles. The molecule has 0 spiro atoms. The number of hydrogen-bond acceptors (Lipinski definition) is 2. The molecular formula is C16H24N2O. The monoisotopic (exact) mass is 260 g/mol. The maximum Gasteiger partial charge on any atom is 0.243 e. The Kier molecular flexibility index (Phi) is 3.95. The molecule has 1 aromatic carbocycles. The summed E-state index contributed by atoms with van der Waals surface area (Å²) in [4.78, 5) is 14.4. The minimum atomic E-state index is -0.118. The summed E-state index contributed by atoms with van der Waals surface area (Å²) in [6.45, 7) is 10.1. The molecule has 1 atom stereocenters. The molecule has 104 valence electrons. The summed E-state index contributed by atoms with van der Waals surface area (Å²) < 4.78 is 0. The lowest BCUT2D eigenvalue weighted by molar-refractivity contribution is -0.119. The van der Waals surface area contributed by atoms with E-state index in [1.165, 1.54) is 5.56 Å². The van der Waals surface area contributed by atoms with Gasteiger partial charge in [0.05, 0.1) is 6.04 Å². The van der Waals surface area contributed by atoms with Crippen LogP contribution in [0.2, 0.25) is 0 Å². The first kappa shape index (κ1) is 14.1. The molecule has 1 heterocycles. The Labute approximate surface area is 116 Å². The lowest BCUT2D eigenvalue weighted by atomic mass is 9.93. The van der Waals surface area contributed by atoms with Crippen LogP contribution in [-0.4, -0.2) is 25.0 Å². The van der Waals surface area contributed by atoms with Crippen LogP contribution >= 0.6 is 0 Å². The fraction of sp³-hybridized carbons (Fsp3) is 0.562. The van der Waals surface area contributed by atoms with Crippen LogP contribution in [-0.2, 0) is 11.2 Å². The topological polar surface area (TPSA) is 32.3 Å². The van der Waals surface area contributed by atoms with Crippen LogP contribution in [0.4, 0.5) is 5.69 Å². The van der Waals surface area contributed by atoms with Crippen molar-refractivity contribution in [3.05, 3.63) is 29.8 Å². The normalized spacial score (nSPS) is 23.3. The van der Waals surface area contributed by atoms with Crippen LogP contribution in [0.25, 0.3) is 0 Å². The molecule has 3 nitrogen and oxygen atoms in total. The van der Waals surface area contributed by atoms with Gasteiger partial charge < -0.3 is 10.2 Å². The zero-order chi connectivity index (χ0) is 14.0. The van der Waals surface area contributed by atoms with E-state index in [-0.39, 0.29) is 17.4 Å². The van der Waals surface area contributed by atoms with Crippen LogP contribution in [0, 0.1) is 5.41 Å². The summed E-state index contributed by atoms with van der Waals surface area (Å²) >= 11 is 0. The predicted octanol–water partition coefficient (Wildman–Crippen LogP) is 2.60. The van der Waals surface area contributed by atoms with Gasteiger partial charge in [0, 0.05) is 18.8 Å². The summed E-state index contributed by atoms with van der Waals surface area (Å²) in [5.74, 6) is 0.162.